The van der Waals surface area contributed by atoms with E-state index in [-0.39, 0.29) is 34.9 Å². The number of aliphatic imine (C=N–C) groups is 3. The van der Waals surface area contributed by atoms with Crippen molar-refractivity contribution in [3.05, 3.63) is 49.1 Å². The Labute approximate surface area is 726 Å². The van der Waals surface area contributed by atoms with Crippen LogP contribution in [0.25, 0.3) is 0 Å². The maximum atomic E-state index is 14.3. The fourth-order valence-corrected chi connectivity index (χ4v) is 12.9. The van der Waals surface area contributed by atoms with Gasteiger partial charge in [-0.15, -0.1) is 0 Å². The molecule has 732 valence electrons. The van der Waals surface area contributed by atoms with Gasteiger partial charge in [0.25, 0.3) is 0 Å². The summed E-state index contributed by atoms with van der Waals surface area (Å²) in [6.07, 6.45) is 0.950. The minimum Gasteiger partial charge on any atom is -0.481 e. The lowest BCUT2D eigenvalue weighted by molar-refractivity contribution is -0.157. The molecular formula is C64H134N18O37P6. The van der Waals surface area contributed by atoms with Gasteiger partial charge >= 0.3 is 87.4 Å². The lowest BCUT2D eigenvalue weighted by Gasteiger charge is -2.37. The van der Waals surface area contributed by atoms with Crippen LogP contribution in [0.3, 0.4) is 0 Å². The molecule has 125 heavy (non-hydrogen) atoms. The Kier molecular flexibility index (Phi) is 81.9. The number of primary amides is 2. The number of nitrogens with zero attached hydrogens (tertiary/aromatic N) is 8. The molecule has 0 bridgehead atoms. The number of aliphatic carboxylic acids is 5. The van der Waals surface area contributed by atoms with Gasteiger partial charge in [0, 0.05) is 142 Å². The van der Waals surface area contributed by atoms with E-state index in [1.165, 1.54) is 26.0 Å². The van der Waals surface area contributed by atoms with Crippen LogP contribution in [0.15, 0.2) is 64.1 Å². The minimum atomic E-state index is -4.95. The molecule has 0 aromatic carbocycles. The zero-order valence-corrected chi connectivity index (χ0v) is 75.2. The third kappa shape index (κ3) is 93.3. The topological polar surface area (TPSA) is 907 Å². The van der Waals surface area contributed by atoms with Crippen LogP contribution < -0.4 is 54.8 Å². The molecule has 0 radical (unpaired) electrons. The normalized spacial score (nSPS) is 13.1. The number of amides is 6. The van der Waals surface area contributed by atoms with E-state index >= 15 is 0 Å². The van der Waals surface area contributed by atoms with Crippen molar-refractivity contribution in [2.24, 2.45) is 73.4 Å². The smallest absolute Gasteiger partial charge is 0.339 e. The van der Waals surface area contributed by atoms with E-state index in [9.17, 15) is 144 Å². The first kappa shape index (κ1) is 135. The highest BCUT2D eigenvalue weighted by Gasteiger charge is 2.44. The van der Waals surface area contributed by atoms with Crippen LogP contribution in [-0.4, -0.2) is 370 Å². The zero-order valence-electron chi connectivity index (χ0n) is 69.8. The van der Waals surface area contributed by atoms with Crippen molar-refractivity contribution in [2.75, 3.05) is 163 Å². The average Bonchev–Trinajstić information content (AvgIpc) is 1.38. The molecule has 6 atom stereocenters. The molecule has 0 saturated heterocycles. The summed E-state index contributed by atoms with van der Waals surface area (Å²) >= 11 is 0. The number of carbonyl (C=O) groups is 13. The van der Waals surface area contributed by atoms with Crippen molar-refractivity contribution in [1.82, 2.24) is 56.4 Å². The highest BCUT2D eigenvalue weighted by molar-refractivity contribution is 7.53. The molecule has 0 spiro atoms. The molecule has 55 nitrogen and oxygen atoms in total. The van der Waals surface area contributed by atoms with Gasteiger partial charge in [0.1, 0.15) is 38.1 Å². The summed E-state index contributed by atoms with van der Waals surface area (Å²) in [5, 5.41) is 59.5. The Bertz CT molecular complexity index is 3550. The largest absolute Gasteiger partial charge is 0.481 e. The molecule has 61 heteroatoms. The molecule has 0 aliphatic carbocycles. The summed E-state index contributed by atoms with van der Waals surface area (Å²) < 4.78 is 71.5. The molecule has 1 heterocycles. The van der Waals surface area contributed by atoms with Crippen LogP contribution in [0.5, 0.6) is 0 Å². The molecule has 1 aliphatic heterocycles. The van der Waals surface area contributed by atoms with Gasteiger partial charge in [0.2, 0.25) is 35.4 Å². The number of nitrogens with one attached hydrogen (secondary N) is 6. The van der Waals surface area contributed by atoms with Crippen molar-refractivity contribution in [3.63, 3.8) is 0 Å². The number of carboxylic acids is 5. The Morgan fingerprint density at radius 1 is 0.488 bits per heavy atom. The number of esters is 2. The number of ether oxygens (including phenoxy) is 1. The van der Waals surface area contributed by atoms with Gasteiger partial charge < -0.3 is 143 Å². The highest BCUT2D eigenvalue weighted by Crippen LogP contribution is 2.42. The first-order valence-corrected chi connectivity index (χ1v) is 47.1. The van der Waals surface area contributed by atoms with Crippen molar-refractivity contribution in [3.8, 4) is 0 Å². The van der Waals surface area contributed by atoms with Gasteiger partial charge in [-0.1, -0.05) is 55.5 Å². The number of hydrogen-bond acceptors (Lipinski definition) is 32. The van der Waals surface area contributed by atoms with Crippen molar-refractivity contribution in [1.29, 1.82) is 0 Å². The quantitative estimate of drug-likeness (QED) is 0.00516. The molecule has 0 saturated carbocycles. The summed E-state index contributed by atoms with van der Waals surface area (Å²) in [6.45, 7) is 27.8. The second kappa shape index (κ2) is 75.9. The fraction of sp³-hybridized carbons (Fsp3) is 0.625. The Hall–Kier alpha value is -8.18. The Balaban J connectivity index is -0.000000161. The van der Waals surface area contributed by atoms with Gasteiger partial charge in [-0.2, -0.15) is 0 Å². The first-order valence-electron chi connectivity index (χ1n) is 36.0. The molecule has 0 fully saturated rings. The van der Waals surface area contributed by atoms with Crippen LogP contribution in [0.2, 0.25) is 0 Å². The van der Waals surface area contributed by atoms with Crippen molar-refractivity contribution >= 4 is 143 Å². The summed E-state index contributed by atoms with van der Waals surface area (Å²) in [5.41, 5.74) is 20.7. The zero-order chi connectivity index (χ0) is 98.6. The van der Waals surface area contributed by atoms with E-state index in [1.54, 1.807) is 6.92 Å². The number of carbonyl (C=O) groups excluding carboxylic acids is 8. The molecule has 6 unspecified atom stereocenters. The predicted octanol–water partition coefficient (Wildman–Crippen LogP) is -4.95. The first-order chi connectivity index (χ1) is 56.8. The lowest BCUT2D eigenvalue weighted by atomic mass is 9.79. The van der Waals surface area contributed by atoms with Crippen LogP contribution in [0.4, 0.5) is 0 Å². The van der Waals surface area contributed by atoms with Crippen LogP contribution in [-0.2, 0) is 94.5 Å². The van der Waals surface area contributed by atoms with E-state index in [1.807, 2.05) is 13.8 Å². The van der Waals surface area contributed by atoms with Crippen LogP contribution >= 0.6 is 45.6 Å². The molecule has 6 amide bonds. The second-order valence-corrected chi connectivity index (χ2v) is 34.7. The van der Waals surface area contributed by atoms with Crippen molar-refractivity contribution < 1.29 is 182 Å². The Morgan fingerprint density at radius 3 is 1.05 bits per heavy atom. The lowest BCUT2D eigenvalue weighted by Crippen LogP contribution is -2.52. The van der Waals surface area contributed by atoms with Gasteiger partial charge in [0.15, 0.2) is 0 Å². The Morgan fingerprint density at radius 2 is 0.816 bits per heavy atom. The number of rotatable bonds is 53. The number of nitrogens with two attached hydrogens (primary N) is 4. The van der Waals surface area contributed by atoms with Crippen LogP contribution in [0.1, 0.15) is 64.7 Å². The van der Waals surface area contributed by atoms with Gasteiger partial charge in [-0.05, 0) is 53.1 Å². The molecule has 0 aromatic rings. The standard InChI is InChI=1S/C22H49N6O19P5.C12H26N6O2.C9H16N2O4.2C4H10N2.C4H4O4.C4H2O3.C3H4O2.CH5O3P.CH4.2H2/c1-5-18(22(31)32)19(17(2)20(29)27(10-23-3)8-6-25(13-49(36,37)38)14-50(39,40)41)21(30)28(11-24(4)12-48(33,34)35)9-7-26(15-51(42,43)44)16-52(45,46)47;13-3-5-15-7-9-17-11(19)1-2-12(20)18-10-8-16-6-4-14;1-3-5(9(14)15)6(8(11)13)4(2)7(10)12;2*1-3-6-4-5-2;5-3(6)1-2-4(7)8;5-3-1-2-4(6)7-3;1-2-3(4)5;1-5(2,3)4;;;/h17-19H,3,5-16H2,1-2,4H3,(H,31,32)(H2,33,34,35)(H2,36,37,38)(H2,39,40,41)(H2,42,43,44)(H2,45,46,47);1-2,15-16H,3-10,13-14H2,(H,17,19)(H,18,20);4-6H,3H2,1-2H3,(H2,10,12)(H2,11,13)(H,14,15);2*6H,2-4H2,1H3;1-2H,(H,5,6)(H,7,8);1-2H;2H,1H2,(H,4,5);1H3,(H2,2,3,4);1H4;2*1H/b;2-1-;;;;2-1-;;;;;;. The summed E-state index contributed by atoms with van der Waals surface area (Å²) in [7, 11) is -26.9. The maximum absolute atomic E-state index is 14.3. The van der Waals surface area contributed by atoms with E-state index in [4.69, 9.17) is 53.1 Å². The molecular weight excluding hydrogens is 1800 g/mol. The maximum Gasteiger partial charge on any atom is 0.339 e. The molecule has 31 N–H and O–H groups in total. The van der Waals surface area contributed by atoms with Gasteiger partial charge in [-0.3, -0.25) is 106 Å². The van der Waals surface area contributed by atoms with Crippen LogP contribution in [0, 0.1) is 35.5 Å². The number of hydrogen-bond donors (Lipinski definition) is 27. The average molecular weight is 1930 g/mol. The monoisotopic (exact) mass is 1930 g/mol. The van der Waals surface area contributed by atoms with Crippen molar-refractivity contribution in [2.45, 2.75) is 61.8 Å². The highest BCUT2D eigenvalue weighted by atomic mass is 31.2. The number of carboxylic acid groups (broad SMARTS) is 5. The van der Waals surface area contributed by atoms with Gasteiger partial charge in [0.05, 0.1) is 43.7 Å². The summed E-state index contributed by atoms with van der Waals surface area (Å²) in [4.78, 5) is 268. The third-order valence-electron chi connectivity index (χ3n) is 13.8. The predicted molar refractivity (Wildman–Crippen MR) is 462 cm³/mol. The molecule has 0 aromatic heterocycles. The van der Waals surface area contributed by atoms with E-state index in [0.29, 0.717) is 87.6 Å². The molecule has 1 aliphatic rings. The SMILES string of the molecule is C.C=CC(=O)O.C=NCN(CCN(CP(=O)(O)O)CP(=O)(O)O)C(=O)C(C)C(C(=O)N(CCN(CP(=O)(O)O)CP(=O)(O)O)CN(C)CP(=O)(O)O)C(CC)C(=O)O.C=NCNCC.C=NCNCC.CCC(C(=O)O)C(C(N)=O)C(C)C(N)=O.CP(=O)(O)O.NCCNCCNC(=O)/C=C\C(=O)NCCNCCN.O=C(O)/C=C\C(=O)O.O=C1C=CC(=O)O1.[HH].[HH]. The summed E-state index contributed by atoms with van der Waals surface area (Å²) in [5.74, 6) is -19.5. The minimum absolute atomic E-state index is 0. The van der Waals surface area contributed by atoms with E-state index in [0.717, 1.165) is 66.7 Å². The van der Waals surface area contributed by atoms with E-state index < -0.39 is 217 Å². The van der Waals surface area contributed by atoms with Gasteiger partial charge in [-0.25, -0.2) is 24.0 Å². The number of cyclic esters (lactones) is 2. The molecule has 1 rings (SSSR count). The van der Waals surface area contributed by atoms with E-state index in [2.05, 4.69) is 78.3 Å². The second-order valence-electron chi connectivity index (χ2n) is 24.9. The third-order valence-corrected chi connectivity index (χ3v) is 17.8. The fourth-order valence-electron chi connectivity index (χ4n) is 8.83. The summed E-state index contributed by atoms with van der Waals surface area (Å²) in [6, 6.07) is 0.